The summed E-state index contributed by atoms with van der Waals surface area (Å²) in [4.78, 5) is 0. The van der Waals surface area contributed by atoms with Crippen molar-refractivity contribution in [1.29, 1.82) is 0 Å². The maximum atomic E-state index is 9.95. The van der Waals surface area contributed by atoms with Crippen LogP contribution < -0.4 is 0 Å². The molecule has 0 aromatic carbocycles. The molecule has 12 heavy (non-hydrogen) atoms. The Kier molecular flexibility index (Phi) is 1.61. The third kappa shape index (κ3) is 0.958. The summed E-state index contributed by atoms with van der Waals surface area (Å²) >= 11 is 6.12. The average molecular weight is 189 g/mol. The molecule has 4 atom stereocenters. The van der Waals surface area contributed by atoms with Gasteiger partial charge in [0.05, 0.1) is 11.0 Å². The summed E-state index contributed by atoms with van der Waals surface area (Å²) in [5, 5.41) is 9.94. The van der Waals surface area contributed by atoms with E-state index in [1.807, 2.05) is 6.92 Å². The quantitative estimate of drug-likeness (QED) is 0.579. The highest BCUT2D eigenvalue weighted by Gasteiger charge is 2.62. The second-order valence-electron chi connectivity index (χ2n) is 5.47. The van der Waals surface area contributed by atoms with Gasteiger partial charge in [-0.25, -0.2) is 0 Å². The molecule has 0 spiro atoms. The lowest BCUT2D eigenvalue weighted by Gasteiger charge is -2.51. The molecule has 2 heteroatoms. The first-order valence-corrected chi connectivity index (χ1v) is 5.15. The fourth-order valence-electron chi connectivity index (χ4n) is 3.08. The summed E-state index contributed by atoms with van der Waals surface area (Å²) in [6.45, 7) is 6.42. The molecule has 1 nitrogen and oxygen atoms in total. The van der Waals surface area contributed by atoms with Crippen molar-refractivity contribution >= 4 is 11.6 Å². The minimum Gasteiger partial charge on any atom is -0.388 e. The van der Waals surface area contributed by atoms with E-state index >= 15 is 0 Å². The zero-order chi connectivity index (χ0) is 9.15. The Bertz CT molecular complexity index is 210. The Hall–Kier alpha value is 0.250. The van der Waals surface area contributed by atoms with Crippen molar-refractivity contribution in [2.24, 2.45) is 17.3 Å². The van der Waals surface area contributed by atoms with Gasteiger partial charge in [0.1, 0.15) is 0 Å². The number of hydrogen-bond acceptors (Lipinski definition) is 1. The molecular weight excluding hydrogens is 172 g/mol. The number of hydrogen-bond donors (Lipinski definition) is 1. The third-order valence-electron chi connectivity index (χ3n) is 3.76. The van der Waals surface area contributed by atoms with Gasteiger partial charge in [-0.3, -0.25) is 0 Å². The van der Waals surface area contributed by atoms with Gasteiger partial charge >= 0.3 is 0 Å². The summed E-state index contributed by atoms with van der Waals surface area (Å²) in [5.74, 6) is 1.02. The second kappa shape index (κ2) is 2.19. The largest absolute Gasteiger partial charge is 0.388 e. The maximum Gasteiger partial charge on any atom is 0.0816 e. The molecule has 0 amide bonds. The molecule has 4 unspecified atom stereocenters. The van der Waals surface area contributed by atoms with Gasteiger partial charge in [-0.2, -0.15) is 0 Å². The van der Waals surface area contributed by atoms with E-state index in [0.717, 1.165) is 6.42 Å². The average Bonchev–Trinajstić information content (AvgIpc) is 2.24. The van der Waals surface area contributed by atoms with Crippen LogP contribution in [0.2, 0.25) is 0 Å². The van der Waals surface area contributed by atoms with E-state index in [2.05, 4.69) is 13.8 Å². The molecule has 1 N–H and O–H groups in total. The highest BCUT2D eigenvalue weighted by atomic mass is 35.5. The number of rotatable bonds is 0. The first-order valence-electron chi connectivity index (χ1n) is 4.71. The molecule has 70 valence electrons. The van der Waals surface area contributed by atoms with Crippen LogP contribution in [0.1, 0.15) is 33.6 Å². The molecule has 0 heterocycles. The number of halogens is 1. The van der Waals surface area contributed by atoms with E-state index in [4.69, 9.17) is 11.6 Å². The van der Waals surface area contributed by atoms with E-state index in [1.54, 1.807) is 0 Å². The van der Waals surface area contributed by atoms with Crippen LogP contribution in [0.4, 0.5) is 0 Å². The molecule has 0 aromatic rings. The van der Waals surface area contributed by atoms with Gasteiger partial charge in [-0.15, -0.1) is 11.6 Å². The smallest absolute Gasteiger partial charge is 0.0816 e. The lowest BCUT2D eigenvalue weighted by molar-refractivity contribution is -0.104. The van der Waals surface area contributed by atoms with Crippen molar-refractivity contribution in [2.75, 3.05) is 0 Å². The zero-order valence-corrected chi connectivity index (χ0v) is 8.73. The summed E-state index contributed by atoms with van der Waals surface area (Å²) in [5.41, 5.74) is -0.205. The Labute approximate surface area is 79.1 Å². The fraction of sp³-hybridized carbons (Fsp3) is 1.00. The highest BCUT2D eigenvalue weighted by molar-refractivity contribution is 6.22. The molecule has 2 aliphatic rings. The Morgan fingerprint density at radius 3 is 2.33 bits per heavy atom. The minimum atomic E-state index is -0.597. The summed E-state index contributed by atoms with van der Waals surface area (Å²) in [6, 6.07) is 0. The van der Waals surface area contributed by atoms with Crippen molar-refractivity contribution in [3.05, 3.63) is 0 Å². The van der Waals surface area contributed by atoms with Crippen molar-refractivity contribution in [3.63, 3.8) is 0 Å². The summed E-state index contributed by atoms with van der Waals surface area (Å²) < 4.78 is 0. The van der Waals surface area contributed by atoms with Gasteiger partial charge in [-0.1, -0.05) is 13.8 Å². The van der Waals surface area contributed by atoms with Gasteiger partial charge in [0.2, 0.25) is 0 Å². The van der Waals surface area contributed by atoms with Gasteiger partial charge in [0.15, 0.2) is 0 Å². The molecule has 2 saturated carbocycles. The van der Waals surface area contributed by atoms with E-state index in [1.165, 1.54) is 6.42 Å². The SMILES string of the molecule is CC1(C)CC2C(Cl)C(C)(O)C2C1. The molecule has 0 radical (unpaired) electrons. The van der Waals surface area contributed by atoms with Crippen LogP contribution in [-0.4, -0.2) is 16.1 Å². The second-order valence-corrected chi connectivity index (χ2v) is 5.94. The number of fused-ring (bicyclic) bond motifs is 1. The predicted molar refractivity (Wildman–Crippen MR) is 50.3 cm³/mol. The standard InChI is InChI=1S/C10H17ClO/c1-9(2)4-6-7(5-9)10(3,12)8(6)11/h6-8,12H,4-5H2,1-3H3. The first kappa shape index (κ1) is 8.83. The summed E-state index contributed by atoms with van der Waals surface area (Å²) in [7, 11) is 0. The Balaban J connectivity index is 2.17. The van der Waals surface area contributed by atoms with Gasteiger partial charge < -0.3 is 5.11 Å². The van der Waals surface area contributed by atoms with Gasteiger partial charge in [-0.05, 0) is 37.0 Å². The van der Waals surface area contributed by atoms with Crippen LogP contribution in [0.15, 0.2) is 0 Å². The molecular formula is C10H17ClO. The minimum absolute atomic E-state index is 0.00993. The first-order chi connectivity index (χ1) is 5.34. The lowest BCUT2D eigenvalue weighted by atomic mass is 9.63. The zero-order valence-electron chi connectivity index (χ0n) is 7.97. The molecule has 2 aliphatic carbocycles. The van der Waals surface area contributed by atoms with Gasteiger partial charge in [0, 0.05) is 0 Å². The molecule has 0 bridgehead atoms. The van der Waals surface area contributed by atoms with E-state index in [0.29, 0.717) is 17.3 Å². The van der Waals surface area contributed by atoms with Gasteiger partial charge in [0.25, 0.3) is 0 Å². The molecule has 0 saturated heterocycles. The monoisotopic (exact) mass is 188 g/mol. The molecule has 0 aromatic heterocycles. The van der Waals surface area contributed by atoms with Crippen molar-refractivity contribution < 1.29 is 5.11 Å². The van der Waals surface area contributed by atoms with E-state index in [-0.39, 0.29) is 5.38 Å². The number of alkyl halides is 1. The Morgan fingerprint density at radius 2 is 1.83 bits per heavy atom. The van der Waals surface area contributed by atoms with Crippen LogP contribution in [0.25, 0.3) is 0 Å². The molecule has 0 aliphatic heterocycles. The lowest BCUT2D eigenvalue weighted by Crippen LogP contribution is -2.59. The van der Waals surface area contributed by atoms with Crippen LogP contribution in [0.5, 0.6) is 0 Å². The number of aliphatic hydroxyl groups is 1. The molecule has 2 rings (SSSR count). The van der Waals surface area contributed by atoms with Crippen molar-refractivity contribution in [1.82, 2.24) is 0 Å². The topological polar surface area (TPSA) is 20.2 Å². The third-order valence-corrected chi connectivity index (χ3v) is 4.53. The van der Waals surface area contributed by atoms with Crippen LogP contribution in [0.3, 0.4) is 0 Å². The normalized spacial score (nSPS) is 56.2. The molecule has 2 fully saturated rings. The highest BCUT2D eigenvalue weighted by Crippen LogP contribution is 2.61. The fourth-order valence-corrected chi connectivity index (χ4v) is 3.50. The summed E-state index contributed by atoms with van der Waals surface area (Å²) in [6.07, 6.45) is 2.32. The van der Waals surface area contributed by atoms with Crippen LogP contribution in [-0.2, 0) is 0 Å². The van der Waals surface area contributed by atoms with Crippen LogP contribution in [0, 0.1) is 17.3 Å². The van der Waals surface area contributed by atoms with E-state index < -0.39 is 5.60 Å². The van der Waals surface area contributed by atoms with Crippen LogP contribution >= 0.6 is 11.6 Å². The van der Waals surface area contributed by atoms with Crippen molar-refractivity contribution in [3.8, 4) is 0 Å². The van der Waals surface area contributed by atoms with E-state index in [9.17, 15) is 5.11 Å². The predicted octanol–water partition coefficient (Wildman–Crippen LogP) is 2.41. The maximum absolute atomic E-state index is 9.95. The van der Waals surface area contributed by atoms with Crippen molar-refractivity contribution in [2.45, 2.75) is 44.6 Å². The Morgan fingerprint density at radius 1 is 1.25 bits per heavy atom.